The van der Waals surface area contributed by atoms with Gasteiger partial charge in [-0.3, -0.25) is 0 Å². The summed E-state index contributed by atoms with van der Waals surface area (Å²) in [5.41, 5.74) is 5.84. The lowest BCUT2D eigenvalue weighted by Gasteiger charge is -1.97. The van der Waals surface area contributed by atoms with Crippen LogP contribution in [0.15, 0.2) is 36.6 Å². The Morgan fingerprint density at radius 3 is 2.33 bits per heavy atom. The monoisotopic (exact) mass is 125 g/mol. The number of hydrogen-bond donors (Lipinski definition) is 2. The first kappa shape index (κ1) is 7.98. The largest absolute Gasteiger partial charge is 0.508 e. The first-order chi connectivity index (χ1) is 4.22. The third-order valence-corrected chi connectivity index (χ3v) is 0.910. The van der Waals surface area contributed by atoms with Gasteiger partial charge in [0.1, 0.15) is 5.76 Å². The van der Waals surface area contributed by atoms with Gasteiger partial charge in [-0.2, -0.15) is 0 Å². The van der Waals surface area contributed by atoms with E-state index >= 15 is 0 Å². The summed E-state index contributed by atoms with van der Waals surface area (Å²) >= 11 is 0. The topological polar surface area (TPSA) is 46.2 Å². The Morgan fingerprint density at radius 2 is 2.22 bits per heavy atom. The van der Waals surface area contributed by atoms with Crippen molar-refractivity contribution in [3.63, 3.8) is 0 Å². The molecular weight excluding hydrogens is 114 g/mol. The van der Waals surface area contributed by atoms with Crippen LogP contribution in [0.4, 0.5) is 0 Å². The Morgan fingerprint density at radius 1 is 1.67 bits per heavy atom. The highest BCUT2D eigenvalue weighted by atomic mass is 16.3. The Balaban J connectivity index is 4.14. The standard InChI is InChI=1S/C7H11NO/c1-3-4-7(5-8)6(2)9/h3-4,9H,1-2,5,8H2/b7-4-. The predicted molar refractivity (Wildman–Crippen MR) is 39.1 cm³/mol. The van der Waals surface area contributed by atoms with Gasteiger partial charge >= 0.3 is 0 Å². The van der Waals surface area contributed by atoms with Crippen molar-refractivity contribution in [3.05, 3.63) is 36.6 Å². The second-order valence-electron chi connectivity index (χ2n) is 1.58. The Hall–Kier alpha value is -1.02. The van der Waals surface area contributed by atoms with Gasteiger partial charge in [-0.05, 0) is 0 Å². The molecule has 0 rings (SSSR count). The van der Waals surface area contributed by atoms with Crippen LogP contribution in [0.25, 0.3) is 0 Å². The molecule has 2 nitrogen and oxygen atoms in total. The maximum Gasteiger partial charge on any atom is 0.112 e. The molecule has 0 saturated carbocycles. The summed E-state index contributed by atoms with van der Waals surface area (Å²) in [5, 5.41) is 8.75. The van der Waals surface area contributed by atoms with E-state index in [1.807, 2.05) is 0 Å². The molecule has 3 N–H and O–H groups in total. The Bertz CT molecular complexity index is 147. The first-order valence-electron chi connectivity index (χ1n) is 2.62. The minimum absolute atomic E-state index is 0.0115. The normalized spacial score (nSPS) is 11.0. The van der Waals surface area contributed by atoms with Gasteiger partial charge in [-0.25, -0.2) is 0 Å². The van der Waals surface area contributed by atoms with E-state index in [2.05, 4.69) is 13.2 Å². The molecule has 0 fully saturated rings. The average molecular weight is 125 g/mol. The van der Waals surface area contributed by atoms with E-state index in [-0.39, 0.29) is 5.76 Å². The fraction of sp³-hybridized carbons (Fsp3) is 0.143. The maximum absolute atomic E-state index is 8.75. The molecule has 0 bridgehead atoms. The molecule has 0 aromatic heterocycles. The number of allylic oxidation sites excluding steroid dienone is 2. The smallest absolute Gasteiger partial charge is 0.112 e. The number of aliphatic hydroxyl groups is 1. The fourth-order valence-corrected chi connectivity index (χ4v) is 0.424. The van der Waals surface area contributed by atoms with Gasteiger partial charge in [0.25, 0.3) is 0 Å². The molecule has 0 aromatic rings. The highest BCUT2D eigenvalue weighted by Crippen LogP contribution is 2.00. The number of rotatable bonds is 3. The van der Waals surface area contributed by atoms with Gasteiger partial charge in [0.05, 0.1) is 0 Å². The van der Waals surface area contributed by atoms with Crippen LogP contribution >= 0.6 is 0 Å². The van der Waals surface area contributed by atoms with E-state index in [9.17, 15) is 0 Å². The van der Waals surface area contributed by atoms with Gasteiger partial charge in [-0.15, -0.1) is 0 Å². The molecule has 0 radical (unpaired) electrons. The molecule has 9 heavy (non-hydrogen) atoms. The highest BCUT2D eigenvalue weighted by Gasteiger charge is 1.93. The van der Waals surface area contributed by atoms with Crippen LogP contribution < -0.4 is 5.73 Å². The molecule has 50 valence electrons. The number of aliphatic hydroxyl groups excluding tert-OH is 1. The molecule has 0 aliphatic carbocycles. The van der Waals surface area contributed by atoms with Crippen LogP contribution in [0.2, 0.25) is 0 Å². The molecule has 0 spiro atoms. The van der Waals surface area contributed by atoms with Crippen molar-refractivity contribution in [3.8, 4) is 0 Å². The summed E-state index contributed by atoms with van der Waals surface area (Å²) in [6.45, 7) is 7.04. The van der Waals surface area contributed by atoms with Gasteiger partial charge in [0.15, 0.2) is 0 Å². The molecule has 0 aliphatic rings. The molecule has 0 atom stereocenters. The summed E-state index contributed by atoms with van der Waals surface area (Å²) in [6, 6.07) is 0. The van der Waals surface area contributed by atoms with Crippen LogP contribution in [0, 0.1) is 0 Å². The minimum Gasteiger partial charge on any atom is -0.508 e. The average Bonchev–Trinajstić information content (AvgIpc) is 1.82. The van der Waals surface area contributed by atoms with E-state index in [0.29, 0.717) is 12.1 Å². The summed E-state index contributed by atoms with van der Waals surface area (Å²) in [4.78, 5) is 0. The fourth-order valence-electron chi connectivity index (χ4n) is 0.424. The molecular formula is C7H11NO. The summed E-state index contributed by atoms with van der Waals surface area (Å²) in [6.07, 6.45) is 3.19. The van der Waals surface area contributed by atoms with Crippen LogP contribution in [-0.2, 0) is 0 Å². The van der Waals surface area contributed by atoms with Crippen LogP contribution in [0.1, 0.15) is 0 Å². The first-order valence-corrected chi connectivity index (χ1v) is 2.62. The van der Waals surface area contributed by atoms with Crippen molar-refractivity contribution in [1.29, 1.82) is 0 Å². The molecule has 0 aliphatic heterocycles. The van der Waals surface area contributed by atoms with Crippen LogP contribution in [-0.4, -0.2) is 11.7 Å². The van der Waals surface area contributed by atoms with Gasteiger partial charge in [0, 0.05) is 12.1 Å². The van der Waals surface area contributed by atoms with Crippen molar-refractivity contribution in [1.82, 2.24) is 0 Å². The molecule has 0 amide bonds. The molecule has 0 heterocycles. The van der Waals surface area contributed by atoms with Gasteiger partial charge < -0.3 is 10.8 Å². The van der Waals surface area contributed by atoms with Crippen molar-refractivity contribution in [2.45, 2.75) is 0 Å². The minimum atomic E-state index is 0.0115. The van der Waals surface area contributed by atoms with E-state index in [1.54, 1.807) is 12.2 Å². The number of nitrogens with two attached hydrogens (primary N) is 1. The van der Waals surface area contributed by atoms with Crippen LogP contribution in [0.3, 0.4) is 0 Å². The lowest BCUT2D eigenvalue weighted by Crippen LogP contribution is -2.04. The second kappa shape index (κ2) is 3.92. The van der Waals surface area contributed by atoms with Gasteiger partial charge in [-0.1, -0.05) is 25.3 Å². The van der Waals surface area contributed by atoms with Crippen molar-refractivity contribution >= 4 is 0 Å². The molecule has 0 saturated heterocycles. The molecule has 0 unspecified atom stereocenters. The van der Waals surface area contributed by atoms with Gasteiger partial charge in [0.2, 0.25) is 0 Å². The van der Waals surface area contributed by atoms with E-state index in [1.165, 1.54) is 0 Å². The van der Waals surface area contributed by atoms with Crippen molar-refractivity contribution < 1.29 is 5.11 Å². The summed E-state index contributed by atoms with van der Waals surface area (Å²) < 4.78 is 0. The lowest BCUT2D eigenvalue weighted by atomic mass is 10.2. The molecule has 2 heteroatoms. The van der Waals surface area contributed by atoms with Crippen molar-refractivity contribution in [2.24, 2.45) is 5.73 Å². The summed E-state index contributed by atoms with van der Waals surface area (Å²) in [5.74, 6) is 0.0115. The zero-order valence-corrected chi connectivity index (χ0v) is 5.30. The quantitative estimate of drug-likeness (QED) is 0.438. The maximum atomic E-state index is 8.75. The number of hydrogen-bond acceptors (Lipinski definition) is 2. The second-order valence-corrected chi connectivity index (χ2v) is 1.58. The highest BCUT2D eigenvalue weighted by molar-refractivity contribution is 5.26. The lowest BCUT2D eigenvalue weighted by molar-refractivity contribution is 0.424. The zero-order valence-electron chi connectivity index (χ0n) is 5.30. The van der Waals surface area contributed by atoms with Crippen LogP contribution in [0.5, 0.6) is 0 Å². The SMILES string of the molecule is C=C/C=C(/CN)C(=C)O. The van der Waals surface area contributed by atoms with E-state index in [0.717, 1.165) is 0 Å². The summed E-state index contributed by atoms with van der Waals surface area (Å²) in [7, 11) is 0. The third-order valence-electron chi connectivity index (χ3n) is 0.910. The van der Waals surface area contributed by atoms with E-state index in [4.69, 9.17) is 10.8 Å². The Kier molecular flexibility index (Phi) is 3.48. The zero-order chi connectivity index (χ0) is 7.28. The predicted octanol–water partition coefficient (Wildman–Crippen LogP) is 1.13. The third kappa shape index (κ3) is 2.72. The Labute approximate surface area is 55.0 Å². The van der Waals surface area contributed by atoms with Crippen molar-refractivity contribution in [2.75, 3.05) is 6.54 Å². The molecule has 0 aromatic carbocycles. The van der Waals surface area contributed by atoms with E-state index < -0.39 is 0 Å².